The van der Waals surface area contributed by atoms with Gasteiger partial charge in [-0.2, -0.15) is 0 Å². The van der Waals surface area contributed by atoms with Crippen molar-refractivity contribution in [3.8, 4) is 0 Å². The summed E-state index contributed by atoms with van der Waals surface area (Å²) in [5.41, 5.74) is 0.406. The summed E-state index contributed by atoms with van der Waals surface area (Å²) >= 11 is 0. The molecule has 0 bridgehead atoms. The van der Waals surface area contributed by atoms with Gasteiger partial charge in [0.2, 0.25) is 0 Å². The summed E-state index contributed by atoms with van der Waals surface area (Å²) in [6, 6.07) is 12.2. The summed E-state index contributed by atoms with van der Waals surface area (Å²) in [6.45, 7) is 0.910. The Hall–Kier alpha value is -3.95. The summed E-state index contributed by atoms with van der Waals surface area (Å²) in [7, 11) is 0. The van der Waals surface area contributed by atoms with E-state index in [1.54, 1.807) is 35.2 Å². The fraction of sp³-hybridized carbons (Fsp3) is 0.261. The smallest absolute Gasteiger partial charge is 0.281 e. The van der Waals surface area contributed by atoms with Crippen LogP contribution >= 0.6 is 0 Å². The molecule has 0 atom stereocenters. The van der Waals surface area contributed by atoms with Gasteiger partial charge in [0.25, 0.3) is 11.5 Å². The third-order valence-electron chi connectivity index (χ3n) is 5.94. The summed E-state index contributed by atoms with van der Waals surface area (Å²) in [5, 5.41) is 7.89. The van der Waals surface area contributed by atoms with Gasteiger partial charge in [0.05, 0.1) is 12.1 Å². The van der Waals surface area contributed by atoms with E-state index in [9.17, 15) is 18.4 Å². The topological polar surface area (TPSA) is 96.8 Å². The molecule has 1 saturated heterocycles. The minimum Gasteiger partial charge on any atom is -0.339 e. The Balaban J connectivity index is 1.36. The second kappa shape index (κ2) is 8.53. The number of hydrogen-bond acceptors (Lipinski definition) is 5. The van der Waals surface area contributed by atoms with Crippen LogP contribution in [0.15, 0.2) is 53.3 Å². The van der Waals surface area contributed by atoms with E-state index in [4.69, 9.17) is 0 Å². The van der Waals surface area contributed by atoms with Gasteiger partial charge in [-0.15, -0.1) is 5.10 Å². The fourth-order valence-electron chi connectivity index (χ4n) is 4.13. The molecular weight excluding hydrogens is 430 g/mol. The Morgan fingerprint density at radius 1 is 1.03 bits per heavy atom. The Morgan fingerprint density at radius 2 is 1.73 bits per heavy atom. The minimum atomic E-state index is -0.545. The van der Waals surface area contributed by atoms with Gasteiger partial charge < -0.3 is 9.88 Å². The van der Waals surface area contributed by atoms with Crippen LogP contribution in [-0.2, 0) is 6.54 Å². The number of carbonyl (C=O) groups is 1. The normalized spacial score (nSPS) is 14.7. The molecule has 4 aromatic rings. The number of carbonyl (C=O) groups excluding carboxylic acids is 1. The van der Waals surface area contributed by atoms with Gasteiger partial charge in [-0.05, 0) is 31.0 Å². The SMILES string of the molecule is O=C(c1ccccc1F)N1CCC(c2nc3c(nnn3Cc3ccccc3F)c(=O)[nH]2)CC1. The molecule has 10 heteroatoms. The van der Waals surface area contributed by atoms with Gasteiger partial charge >= 0.3 is 0 Å². The third kappa shape index (κ3) is 3.99. The van der Waals surface area contributed by atoms with Crippen molar-refractivity contribution in [3.63, 3.8) is 0 Å². The van der Waals surface area contributed by atoms with Gasteiger partial charge in [-0.25, -0.2) is 18.4 Å². The molecule has 1 amide bonds. The molecule has 0 unspecified atom stereocenters. The van der Waals surface area contributed by atoms with Crippen molar-refractivity contribution in [3.05, 3.63) is 87.5 Å². The zero-order valence-electron chi connectivity index (χ0n) is 17.5. The molecule has 5 rings (SSSR count). The van der Waals surface area contributed by atoms with Crippen molar-refractivity contribution in [1.29, 1.82) is 0 Å². The highest BCUT2D eigenvalue weighted by Gasteiger charge is 2.28. The number of benzene rings is 2. The average molecular weight is 450 g/mol. The molecule has 1 N–H and O–H groups in total. The number of likely N-dealkylation sites (tertiary alicyclic amines) is 1. The maximum absolute atomic E-state index is 14.1. The van der Waals surface area contributed by atoms with E-state index in [-0.39, 0.29) is 40.9 Å². The molecule has 2 aromatic heterocycles. The van der Waals surface area contributed by atoms with Crippen LogP contribution in [0.3, 0.4) is 0 Å². The average Bonchev–Trinajstić information content (AvgIpc) is 3.24. The Labute approximate surface area is 186 Å². The zero-order valence-corrected chi connectivity index (χ0v) is 17.5. The highest BCUT2D eigenvalue weighted by Crippen LogP contribution is 2.27. The number of rotatable bonds is 4. The van der Waals surface area contributed by atoms with E-state index < -0.39 is 11.4 Å². The zero-order chi connectivity index (χ0) is 22.9. The van der Waals surface area contributed by atoms with Gasteiger partial charge in [-0.1, -0.05) is 35.5 Å². The monoisotopic (exact) mass is 450 g/mol. The molecular formula is C23H20F2N6O2. The molecule has 0 saturated carbocycles. The second-order valence-corrected chi connectivity index (χ2v) is 8.01. The van der Waals surface area contributed by atoms with E-state index >= 15 is 0 Å². The quantitative estimate of drug-likeness (QED) is 0.516. The maximum atomic E-state index is 14.1. The Morgan fingerprint density at radius 3 is 2.45 bits per heavy atom. The van der Waals surface area contributed by atoms with E-state index in [1.807, 2.05) is 0 Å². The molecule has 168 valence electrons. The number of piperidine rings is 1. The molecule has 2 aromatic carbocycles. The van der Waals surface area contributed by atoms with Crippen LogP contribution in [0, 0.1) is 11.6 Å². The number of halogens is 2. The van der Waals surface area contributed by atoms with Gasteiger partial charge in [0, 0.05) is 24.6 Å². The highest BCUT2D eigenvalue weighted by molar-refractivity contribution is 5.94. The number of hydrogen-bond donors (Lipinski definition) is 1. The number of aromatic nitrogens is 5. The van der Waals surface area contributed by atoms with E-state index in [2.05, 4.69) is 20.3 Å². The number of nitrogens with one attached hydrogen (secondary N) is 1. The predicted octanol–water partition coefficient (Wildman–Crippen LogP) is 2.86. The van der Waals surface area contributed by atoms with Gasteiger partial charge in [0.15, 0.2) is 11.2 Å². The van der Waals surface area contributed by atoms with Crippen LogP contribution in [0.2, 0.25) is 0 Å². The van der Waals surface area contributed by atoms with Crippen molar-refractivity contribution in [2.75, 3.05) is 13.1 Å². The molecule has 8 nitrogen and oxygen atoms in total. The fourth-order valence-corrected chi connectivity index (χ4v) is 4.13. The van der Waals surface area contributed by atoms with Crippen molar-refractivity contribution in [1.82, 2.24) is 29.9 Å². The van der Waals surface area contributed by atoms with Crippen LogP contribution < -0.4 is 5.56 Å². The number of H-pyrrole nitrogens is 1. The maximum Gasteiger partial charge on any atom is 0.281 e. The van der Waals surface area contributed by atoms with Crippen LogP contribution in [0.4, 0.5) is 8.78 Å². The minimum absolute atomic E-state index is 0.0482. The molecule has 3 heterocycles. The summed E-state index contributed by atoms with van der Waals surface area (Å²) < 4.78 is 29.5. The van der Waals surface area contributed by atoms with Gasteiger partial charge in [0.1, 0.15) is 17.5 Å². The lowest BCUT2D eigenvalue weighted by molar-refractivity contribution is 0.0706. The number of fused-ring (bicyclic) bond motifs is 1. The Bertz CT molecular complexity index is 1390. The molecule has 1 fully saturated rings. The lowest BCUT2D eigenvalue weighted by Crippen LogP contribution is -2.38. The first-order valence-electron chi connectivity index (χ1n) is 10.6. The molecule has 33 heavy (non-hydrogen) atoms. The van der Waals surface area contributed by atoms with Crippen LogP contribution in [-0.4, -0.2) is 48.9 Å². The van der Waals surface area contributed by atoms with Crippen molar-refractivity contribution >= 4 is 17.1 Å². The summed E-state index contributed by atoms with van der Waals surface area (Å²) in [4.78, 5) is 34.2. The standard InChI is InChI=1S/C23H20F2N6O2/c24-17-7-3-1-5-15(17)13-31-21-19(28-29-31)22(32)27-20(26-21)14-9-11-30(12-10-14)23(33)16-6-2-4-8-18(16)25/h1-8,14H,9-13H2,(H,26,27,32). The second-order valence-electron chi connectivity index (χ2n) is 8.01. The molecule has 0 aliphatic carbocycles. The highest BCUT2D eigenvalue weighted by atomic mass is 19.1. The number of nitrogens with zero attached hydrogens (tertiary/aromatic N) is 5. The van der Waals surface area contributed by atoms with Gasteiger partial charge in [-0.3, -0.25) is 9.59 Å². The van der Waals surface area contributed by atoms with Crippen molar-refractivity contribution < 1.29 is 13.6 Å². The number of amides is 1. The molecule has 0 spiro atoms. The first kappa shape index (κ1) is 20.9. The Kier molecular flexibility index (Phi) is 5.41. The number of aromatic amines is 1. The van der Waals surface area contributed by atoms with Crippen LogP contribution in [0.5, 0.6) is 0 Å². The largest absolute Gasteiger partial charge is 0.339 e. The molecule has 1 aliphatic rings. The third-order valence-corrected chi connectivity index (χ3v) is 5.94. The van der Waals surface area contributed by atoms with E-state index in [0.29, 0.717) is 37.3 Å². The lowest BCUT2D eigenvalue weighted by Gasteiger charge is -2.31. The lowest BCUT2D eigenvalue weighted by atomic mass is 9.95. The van der Waals surface area contributed by atoms with Crippen LogP contribution in [0.25, 0.3) is 11.2 Å². The van der Waals surface area contributed by atoms with Crippen LogP contribution in [0.1, 0.15) is 40.5 Å². The molecule has 0 radical (unpaired) electrons. The first-order chi connectivity index (χ1) is 16.0. The summed E-state index contributed by atoms with van der Waals surface area (Å²) in [6.07, 6.45) is 1.12. The summed E-state index contributed by atoms with van der Waals surface area (Å²) in [5.74, 6) is -0.892. The predicted molar refractivity (Wildman–Crippen MR) is 116 cm³/mol. The van der Waals surface area contributed by atoms with Crippen molar-refractivity contribution in [2.45, 2.75) is 25.3 Å². The first-order valence-corrected chi connectivity index (χ1v) is 10.6. The van der Waals surface area contributed by atoms with Crippen molar-refractivity contribution in [2.24, 2.45) is 0 Å². The van der Waals surface area contributed by atoms with E-state index in [1.165, 1.54) is 22.9 Å². The molecule has 1 aliphatic heterocycles. The van der Waals surface area contributed by atoms with E-state index in [0.717, 1.165) is 0 Å².